The number of furan rings is 1. The van der Waals surface area contributed by atoms with Crippen molar-refractivity contribution in [2.24, 2.45) is 0 Å². The molecule has 1 aromatic heterocycles. The van der Waals surface area contributed by atoms with Crippen LogP contribution in [0.4, 0.5) is 0 Å². The van der Waals surface area contributed by atoms with Gasteiger partial charge in [0.25, 0.3) is 0 Å². The lowest BCUT2D eigenvalue weighted by molar-refractivity contribution is 0.280. The van der Waals surface area contributed by atoms with Gasteiger partial charge in [-0.3, -0.25) is 0 Å². The molecule has 2 rings (SSSR count). The number of halogens is 2. The van der Waals surface area contributed by atoms with E-state index in [-0.39, 0.29) is 0 Å². The molecule has 2 aromatic rings. The molecule has 0 saturated carbocycles. The van der Waals surface area contributed by atoms with Crippen LogP contribution in [-0.4, -0.2) is 9.04 Å². The number of alkyl halides is 1. The molecular weight excluding hydrogens is 367 g/mol. The minimum atomic E-state index is -0.996. The zero-order valence-corrected chi connectivity index (χ0v) is 13.9. The number of hydrogen-bond acceptors (Lipinski definition) is 2. The van der Waals surface area contributed by atoms with E-state index < -0.39 is 9.04 Å². The Morgan fingerprint density at radius 1 is 1.35 bits per heavy atom. The number of benzene rings is 1. The summed E-state index contributed by atoms with van der Waals surface area (Å²) < 4.78 is 12.6. The summed E-state index contributed by atoms with van der Waals surface area (Å²) >= 11 is 8.13. The molecule has 1 aromatic carbocycles. The maximum absolute atomic E-state index is 5.86. The smallest absolute Gasteiger partial charge is 0.171 e. The highest BCUT2D eigenvalue weighted by Gasteiger charge is 2.09. The van der Waals surface area contributed by atoms with Crippen molar-refractivity contribution < 1.29 is 8.84 Å². The second kappa shape index (κ2) is 5.73. The fourth-order valence-corrected chi connectivity index (χ4v) is 3.09. The van der Waals surface area contributed by atoms with Crippen LogP contribution in [0.1, 0.15) is 11.3 Å². The molecule has 92 valence electrons. The van der Waals surface area contributed by atoms with Gasteiger partial charge in [-0.25, -0.2) is 0 Å². The largest absolute Gasteiger partial charge is 0.458 e. The first kappa shape index (κ1) is 13.4. The summed E-state index contributed by atoms with van der Waals surface area (Å²) in [6, 6.07) is 6.18. The minimum Gasteiger partial charge on any atom is -0.458 e. The second-order valence-corrected chi connectivity index (χ2v) is 8.06. The van der Waals surface area contributed by atoms with Crippen molar-refractivity contribution in [2.75, 3.05) is 0 Å². The SMILES string of the molecule is C[SiH](C)OCc1cc2cc(CCl)cc(I)c2o1. The third kappa shape index (κ3) is 3.24. The van der Waals surface area contributed by atoms with Crippen molar-refractivity contribution in [3.63, 3.8) is 0 Å². The normalized spacial score (nSPS) is 11.6. The van der Waals surface area contributed by atoms with E-state index in [4.69, 9.17) is 20.4 Å². The van der Waals surface area contributed by atoms with E-state index in [2.05, 4.69) is 47.8 Å². The lowest BCUT2D eigenvalue weighted by atomic mass is 10.2. The van der Waals surface area contributed by atoms with Crippen molar-refractivity contribution in [1.29, 1.82) is 0 Å². The highest BCUT2D eigenvalue weighted by molar-refractivity contribution is 14.1. The molecule has 0 radical (unpaired) electrons. The van der Waals surface area contributed by atoms with Crippen LogP contribution in [0.25, 0.3) is 11.0 Å². The fourth-order valence-electron chi connectivity index (χ4n) is 1.62. The molecule has 0 saturated heterocycles. The average Bonchev–Trinajstić information content (AvgIpc) is 2.69. The highest BCUT2D eigenvalue weighted by atomic mass is 127. The van der Waals surface area contributed by atoms with Gasteiger partial charge >= 0.3 is 0 Å². The monoisotopic (exact) mass is 380 g/mol. The first-order chi connectivity index (χ1) is 8.10. The Balaban J connectivity index is 2.33. The fraction of sp³-hybridized carbons (Fsp3) is 0.333. The van der Waals surface area contributed by atoms with E-state index in [0.717, 1.165) is 25.9 Å². The van der Waals surface area contributed by atoms with Gasteiger partial charge in [0, 0.05) is 11.3 Å². The molecule has 2 nitrogen and oxygen atoms in total. The van der Waals surface area contributed by atoms with E-state index in [1.165, 1.54) is 0 Å². The number of fused-ring (bicyclic) bond motifs is 1. The molecule has 0 amide bonds. The van der Waals surface area contributed by atoms with Crippen molar-refractivity contribution in [2.45, 2.75) is 25.6 Å². The summed E-state index contributed by atoms with van der Waals surface area (Å²) in [5.74, 6) is 1.42. The van der Waals surface area contributed by atoms with Crippen molar-refractivity contribution in [3.8, 4) is 0 Å². The first-order valence-electron chi connectivity index (χ1n) is 5.48. The Bertz CT molecular complexity index is 524. The van der Waals surface area contributed by atoms with Gasteiger partial charge in [0.2, 0.25) is 0 Å². The van der Waals surface area contributed by atoms with Crippen LogP contribution >= 0.6 is 34.2 Å². The lowest BCUT2D eigenvalue weighted by Gasteiger charge is -2.02. The number of rotatable bonds is 4. The first-order valence-corrected chi connectivity index (χ1v) is 9.88. The molecule has 0 N–H and O–H groups in total. The highest BCUT2D eigenvalue weighted by Crippen LogP contribution is 2.27. The van der Waals surface area contributed by atoms with Gasteiger partial charge in [-0.05, 0) is 59.4 Å². The summed E-state index contributed by atoms with van der Waals surface area (Å²) in [7, 11) is -0.996. The molecule has 1 heterocycles. The molecular formula is C12H14ClIO2Si. The van der Waals surface area contributed by atoms with Gasteiger partial charge < -0.3 is 8.84 Å². The van der Waals surface area contributed by atoms with E-state index in [1.807, 2.05) is 6.07 Å². The Kier molecular flexibility index (Phi) is 4.51. The van der Waals surface area contributed by atoms with Gasteiger partial charge in [0.1, 0.15) is 11.3 Å². The summed E-state index contributed by atoms with van der Waals surface area (Å²) in [5.41, 5.74) is 2.05. The van der Waals surface area contributed by atoms with Crippen LogP contribution < -0.4 is 0 Å². The molecule has 5 heteroatoms. The van der Waals surface area contributed by atoms with Crippen molar-refractivity contribution >= 4 is 54.2 Å². The molecule has 0 bridgehead atoms. The molecule has 0 spiro atoms. The van der Waals surface area contributed by atoms with Crippen LogP contribution in [0, 0.1) is 3.57 Å². The molecule has 17 heavy (non-hydrogen) atoms. The van der Waals surface area contributed by atoms with Crippen molar-refractivity contribution in [3.05, 3.63) is 33.1 Å². The third-order valence-corrected chi connectivity index (χ3v) is 4.34. The van der Waals surface area contributed by atoms with Crippen LogP contribution in [0.15, 0.2) is 22.6 Å². The van der Waals surface area contributed by atoms with Gasteiger partial charge in [-0.2, -0.15) is 0 Å². The molecule has 0 aliphatic carbocycles. The van der Waals surface area contributed by atoms with Crippen molar-refractivity contribution in [1.82, 2.24) is 0 Å². The van der Waals surface area contributed by atoms with E-state index in [9.17, 15) is 0 Å². The van der Waals surface area contributed by atoms with Gasteiger partial charge in [0.05, 0.1) is 10.2 Å². The molecule has 0 aliphatic rings. The predicted octanol–water partition coefficient (Wildman–Crippen LogP) is 4.28. The quantitative estimate of drug-likeness (QED) is 0.449. The summed E-state index contributed by atoms with van der Waals surface area (Å²) in [6.07, 6.45) is 0. The van der Waals surface area contributed by atoms with Crippen LogP contribution in [0.3, 0.4) is 0 Å². The maximum atomic E-state index is 5.86. The Morgan fingerprint density at radius 2 is 2.12 bits per heavy atom. The predicted molar refractivity (Wildman–Crippen MR) is 82.2 cm³/mol. The third-order valence-electron chi connectivity index (χ3n) is 2.39. The van der Waals surface area contributed by atoms with Crippen LogP contribution in [0.5, 0.6) is 0 Å². The van der Waals surface area contributed by atoms with Gasteiger partial charge in [-0.1, -0.05) is 0 Å². The van der Waals surface area contributed by atoms with E-state index in [0.29, 0.717) is 12.5 Å². The Labute approximate surface area is 121 Å². The van der Waals surface area contributed by atoms with Gasteiger partial charge in [0.15, 0.2) is 9.04 Å². The molecule has 0 aliphatic heterocycles. The van der Waals surface area contributed by atoms with E-state index >= 15 is 0 Å². The van der Waals surface area contributed by atoms with Crippen LogP contribution in [-0.2, 0) is 16.9 Å². The molecule has 0 fully saturated rings. The summed E-state index contributed by atoms with van der Waals surface area (Å²) in [4.78, 5) is 0. The molecule has 0 atom stereocenters. The second-order valence-electron chi connectivity index (χ2n) is 4.20. The van der Waals surface area contributed by atoms with Gasteiger partial charge in [-0.15, -0.1) is 11.6 Å². The standard InChI is InChI=1S/C12H14ClIO2Si/c1-17(2)15-7-10-5-9-3-8(6-13)4-11(14)12(9)16-10/h3-5,17H,6-7H2,1-2H3. The lowest BCUT2D eigenvalue weighted by Crippen LogP contribution is -2.06. The summed E-state index contributed by atoms with van der Waals surface area (Å²) in [6.45, 7) is 4.88. The zero-order valence-electron chi connectivity index (χ0n) is 9.80. The Hall–Kier alpha value is -0.0431. The van der Waals surface area contributed by atoms with E-state index in [1.54, 1.807) is 0 Å². The minimum absolute atomic E-state index is 0.530. The van der Waals surface area contributed by atoms with Crippen LogP contribution in [0.2, 0.25) is 13.1 Å². The average molecular weight is 381 g/mol. The topological polar surface area (TPSA) is 22.4 Å². The zero-order chi connectivity index (χ0) is 12.4. The molecule has 0 unspecified atom stereocenters. The maximum Gasteiger partial charge on any atom is 0.171 e. The summed E-state index contributed by atoms with van der Waals surface area (Å²) in [5, 5.41) is 1.11. The Morgan fingerprint density at radius 3 is 2.76 bits per heavy atom. The number of hydrogen-bond donors (Lipinski definition) is 0.